The third kappa shape index (κ3) is 2.82. The van der Waals surface area contributed by atoms with E-state index in [1.807, 2.05) is 30.3 Å². The molecule has 1 fully saturated rings. The van der Waals surface area contributed by atoms with Crippen LogP contribution in [0.2, 0.25) is 0 Å². The predicted octanol–water partition coefficient (Wildman–Crippen LogP) is 3.02. The van der Waals surface area contributed by atoms with Crippen LogP contribution in [0, 0.1) is 0 Å². The van der Waals surface area contributed by atoms with Crippen LogP contribution in [0.25, 0.3) is 10.8 Å². The summed E-state index contributed by atoms with van der Waals surface area (Å²) < 4.78 is 5.78. The highest BCUT2D eigenvalue weighted by atomic mass is 16.5. The molecule has 0 radical (unpaired) electrons. The maximum atomic E-state index is 9.83. The van der Waals surface area contributed by atoms with Gasteiger partial charge in [-0.25, -0.2) is 0 Å². The van der Waals surface area contributed by atoms with E-state index in [0.717, 1.165) is 23.1 Å². The van der Waals surface area contributed by atoms with E-state index in [-0.39, 0.29) is 0 Å². The lowest BCUT2D eigenvalue weighted by molar-refractivity contribution is 0.238. The van der Waals surface area contributed by atoms with Gasteiger partial charge in [-0.15, -0.1) is 0 Å². The summed E-state index contributed by atoms with van der Waals surface area (Å²) >= 11 is 0. The van der Waals surface area contributed by atoms with E-state index < -0.39 is 0 Å². The fourth-order valence-corrected chi connectivity index (χ4v) is 2.62. The Balaban J connectivity index is 1.65. The van der Waals surface area contributed by atoms with E-state index >= 15 is 0 Å². The molecule has 3 nitrogen and oxygen atoms in total. The molecule has 0 amide bonds. The molecule has 2 aromatic carbocycles. The molecule has 1 saturated heterocycles. The number of phenols is 1. The fraction of sp³-hybridized carbons (Fsp3) is 0.375. The van der Waals surface area contributed by atoms with Gasteiger partial charge in [0.25, 0.3) is 0 Å². The summed E-state index contributed by atoms with van der Waals surface area (Å²) in [7, 11) is 0. The van der Waals surface area contributed by atoms with Gasteiger partial charge in [0.1, 0.15) is 18.1 Å². The lowest BCUT2D eigenvalue weighted by Crippen LogP contribution is -2.25. The molecular formula is C16H19NO2. The lowest BCUT2D eigenvalue weighted by atomic mass is 10.1. The Morgan fingerprint density at radius 3 is 2.79 bits per heavy atom. The average molecular weight is 257 g/mol. The first-order chi connectivity index (χ1) is 9.33. The smallest absolute Gasteiger partial charge is 0.123 e. The monoisotopic (exact) mass is 257 g/mol. The molecule has 0 aliphatic carbocycles. The molecular weight excluding hydrogens is 238 g/mol. The van der Waals surface area contributed by atoms with Crippen molar-refractivity contribution in [2.45, 2.75) is 12.8 Å². The molecule has 100 valence electrons. The number of benzene rings is 2. The maximum absolute atomic E-state index is 9.83. The third-order valence-electron chi connectivity index (χ3n) is 3.71. The molecule has 3 rings (SSSR count). The zero-order valence-electron chi connectivity index (χ0n) is 11.0. The number of fused-ring (bicyclic) bond motifs is 1. The predicted molar refractivity (Wildman–Crippen MR) is 76.8 cm³/mol. The Labute approximate surface area is 113 Å². The van der Waals surface area contributed by atoms with E-state index in [4.69, 9.17) is 4.74 Å². The summed E-state index contributed by atoms with van der Waals surface area (Å²) in [6, 6.07) is 11.4. The number of hydrogen-bond donors (Lipinski definition) is 1. The van der Waals surface area contributed by atoms with Gasteiger partial charge < -0.3 is 9.84 Å². The maximum Gasteiger partial charge on any atom is 0.123 e. The van der Waals surface area contributed by atoms with Gasteiger partial charge in [0.2, 0.25) is 0 Å². The minimum atomic E-state index is 0.308. The van der Waals surface area contributed by atoms with Crippen LogP contribution in [0.15, 0.2) is 36.4 Å². The van der Waals surface area contributed by atoms with Gasteiger partial charge in [-0.3, -0.25) is 4.90 Å². The molecule has 1 aliphatic heterocycles. The standard InChI is InChI=1S/C16H19NO2/c18-16-5-3-4-13-6-7-14(12-15(13)16)19-11-10-17-8-1-2-9-17/h3-7,12,18H,1-2,8-11H2. The summed E-state index contributed by atoms with van der Waals surface area (Å²) in [5, 5.41) is 11.7. The Kier molecular flexibility index (Phi) is 3.56. The molecule has 0 aromatic heterocycles. The van der Waals surface area contributed by atoms with Crippen LogP contribution in [-0.2, 0) is 0 Å². The first-order valence-corrected chi connectivity index (χ1v) is 6.90. The number of hydrogen-bond acceptors (Lipinski definition) is 3. The molecule has 3 heteroatoms. The Morgan fingerprint density at radius 1 is 1.11 bits per heavy atom. The van der Waals surface area contributed by atoms with Crippen molar-refractivity contribution < 1.29 is 9.84 Å². The molecule has 0 atom stereocenters. The van der Waals surface area contributed by atoms with Crippen LogP contribution in [0.3, 0.4) is 0 Å². The van der Waals surface area contributed by atoms with E-state index in [1.54, 1.807) is 6.07 Å². The van der Waals surface area contributed by atoms with Gasteiger partial charge in [-0.2, -0.15) is 0 Å². The zero-order chi connectivity index (χ0) is 13.1. The number of aromatic hydroxyl groups is 1. The molecule has 0 spiro atoms. The van der Waals surface area contributed by atoms with Crippen molar-refractivity contribution in [2.75, 3.05) is 26.2 Å². The lowest BCUT2D eigenvalue weighted by Gasteiger charge is -2.15. The van der Waals surface area contributed by atoms with E-state index in [1.165, 1.54) is 25.9 Å². The minimum Gasteiger partial charge on any atom is -0.507 e. The van der Waals surface area contributed by atoms with Crippen LogP contribution in [-0.4, -0.2) is 36.2 Å². The van der Waals surface area contributed by atoms with Crippen LogP contribution >= 0.6 is 0 Å². The first kappa shape index (κ1) is 12.3. The van der Waals surface area contributed by atoms with Crippen molar-refractivity contribution in [3.63, 3.8) is 0 Å². The zero-order valence-corrected chi connectivity index (χ0v) is 11.0. The van der Waals surface area contributed by atoms with Crippen molar-refractivity contribution >= 4 is 10.8 Å². The molecule has 19 heavy (non-hydrogen) atoms. The van der Waals surface area contributed by atoms with Crippen LogP contribution in [0.1, 0.15) is 12.8 Å². The molecule has 1 heterocycles. The Bertz CT molecular complexity index is 562. The molecule has 0 unspecified atom stereocenters. The third-order valence-corrected chi connectivity index (χ3v) is 3.71. The fourth-order valence-electron chi connectivity index (χ4n) is 2.62. The van der Waals surface area contributed by atoms with Crippen LogP contribution in [0.4, 0.5) is 0 Å². The van der Waals surface area contributed by atoms with Crippen LogP contribution < -0.4 is 4.74 Å². The van der Waals surface area contributed by atoms with Crippen molar-refractivity contribution in [1.29, 1.82) is 0 Å². The molecule has 0 saturated carbocycles. The van der Waals surface area contributed by atoms with Crippen molar-refractivity contribution in [3.8, 4) is 11.5 Å². The van der Waals surface area contributed by atoms with E-state index in [9.17, 15) is 5.11 Å². The summed E-state index contributed by atoms with van der Waals surface area (Å²) in [5.74, 6) is 1.13. The summed E-state index contributed by atoms with van der Waals surface area (Å²) in [4.78, 5) is 2.43. The number of phenolic OH excluding ortho intramolecular Hbond substituents is 1. The normalized spacial score (nSPS) is 16.0. The summed E-state index contributed by atoms with van der Waals surface area (Å²) in [6.45, 7) is 4.08. The quantitative estimate of drug-likeness (QED) is 0.914. The molecule has 1 N–H and O–H groups in total. The number of ether oxygens (including phenoxy) is 1. The van der Waals surface area contributed by atoms with E-state index in [0.29, 0.717) is 12.4 Å². The second-order valence-corrected chi connectivity index (χ2v) is 5.06. The van der Waals surface area contributed by atoms with E-state index in [2.05, 4.69) is 4.90 Å². The van der Waals surface area contributed by atoms with Crippen molar-refractivity contribution in [1.82, 2.24) is 4.90 Å². The Morgan fingerprint density at radius 2 is 1.95 bits per heavy atom. The number of nitrogens with zero attached hydrogens (tertiary/aromatic N) is 1. The van der Waals surface area contributed by atoms with Crippen molar-refractivity contribution in [3.05, 3.63) is 36.4 Å². The van der Waals surface area contributed by atoms with Gasteiger partial charge in [0.05, 0.1) is 0 Å². The first-order valence-electron chi connectivity index (χ1n) is 6.90. The topological polar surface area (TPSA) is 32.7 Å². The van der Waals surface area contributed by atoms with Gasteiger partial charge in [0, 0.05) is 11.9 Å². The van der Waals surface area contributed by atoms with Gasteiger partial charge in [-0.05, 0) is 49.5 Å². The minimum absolute atomic E-state index is 0.308. The van der Waals surface area contributed by atoms with Gasteiger partial charge >= 0.3 is 0 Å². The Hall–Kier alpha value is -1.74. The van der Waals surface area contributed by atoms with Gasteiger partial charge in [-0.1, -0.05) is 18.2 Å². The highest BCUT2D eigenvalue weighted by molar-refractivity contribution is 5.89. The average Bonchev–Trinajstić information content (AvgIpc) is 2.93. The largest absolute Gasteiger partial charge is 0.507 e. The highest BCUT2D eigenvalue weighted by Gasteiger charge is 2.10. The number of likely N-dealkylation sites (tertiary alicyclic amines) is 1. The molecule has 0 bridgehead atoms. The molecule has 2 aromatic rings. The second kappa shape index (κ2) is 5.49. The number of rotatable bonds is 4. The summed E-state index contributed by atoms with van der Waals surface area (Å²) in [6.07, 6.45) is 2.62. The SMILES string of the molecule is Oc1cccc2ccc(OCCN3CCCC3)cc12. The second-order valence-electron chi connectivity index (χ2n) is 5.06. The van der Waals surface area contributed by atoms with Gasteiger partial charge in [0.15, 0.2) is 0 Å². The highest BCUT2D eigenvalue weighted by Crippen LogP contribution is 2.28. The molecule has 1 aliphatic rings. The van der Waals surface area contributed by atoms with Crippen molar-refractivity contribution in [2.24, 2.45) is 0 Å². The van der Waals surface area contributed by atoms with Crippen LogP contribution in [0.5, 0.6) is 11.5 Å². The summed E-state index contributed by atoms with van der Waals surface area (Å²) in [5.41, 5.74) is 0.